The number of H-pyrrole nitrogens is 1. The molecule has 4 rings (SSSR count). The molecule has 0 aliphatic rings. The summed E-state index contributed by atoms with van der Waals surface area (Å²) in [4.78, 5) is 17.5. The van der Waals surface area contributed by atoms with Gasteiger partial charge in [-0.3, -0.25) is 0 Å². The van der Waals surface area contributed by atoms with Gasteiger partial charge in [-0.25, -0.2) is 27.3 Å². The number of carboxylic acids is 1. The minimum absolute atomic E-state index is 0.0330. The van der Waals surface area contributed by atoms with Gasteiger partial charge >= 0.3 is 12.3 Å². The lowest BCUT2D eigenvalue weighted by atomic mass is 10.0. The SMILES string of the molecule is O=C(O)c1cccc2[nH]c(-c3c(F)c(F)c(-c4cccc(OC(F)(F)F)c4)c(F)c3F)nc12. The fourth-order valence-corrected chi connectivity index (χ4v) is 3.26. The van der Waals surface area contributed by atoms with E-state index >= 15 is 0 Å². The Balaban J connectivity index is 1.89. The number of para-hydroxylation sites is 1. The maximum Gasteiger partial charge on any atom is 0.573 e. The van der Waals surface area contributed by atoms with Gasteiger partial charge in [0.1, 0.15) is 17.1 Å². The van der Waals surface area contributed by atoms with Crippen molar-refractivity contribution in [1.82, 2.24) is 9.97 Å². The number of ether oxygens (including phenoxy) is 1. The second-order valence-electron chi connectivity index (χ2n) is 6.67. The summed E-state index contributed by atoms with van der Waals surface area (Å²) in [5.74, 6) is -10.5. The van der Waals surface area contributed by atoms with Crippen LogP contribution in [0, 0.1) is 23.3 Å². The first kappa shape index (κ1) is 22.1. The second-order valence-corrected chi connectivity index (χ2v) is 6.67. The molecule has 0 saturated carbocycles. The first-order chi connectivity index (χ1) is 15.5. The van der Waals surface area contributed by atoms with Crippen LogP contribution in [-0.4, -0.2) is 27.4 Å². The van der Waals surface area contributed by atoms with E-state index in [2.05, 4.69) is 14.7 Å². The number of hydrogen-bond acceptors (Lipinski definition) is 3. The number of rotatable bonds is 4. The van der Waals surface area contributed by atoms with E-state index in [1.165, 1.54) is 18.2 Å². The van der Waals surface area contributed by atoms with Crippen LogP contribution >= 0.6 is 0 Å². The standard InChI is InChI=1S/C21H9F7N2O3/c22-14-12(8-3-1-4-9(7-8)33-21(26,27)28)15(23)17(25)13(16(14)24)19-29-11-6-2-5-10(20(31)32)18(11)30-19/h1-7H,(H,29,30)(H,31,32). The van der Waals surface area contributed by atoms with Crippen LogP contribution in [-0.2, 0) is 0 Å². The van der Waals surface area contributed by atoms with Gasteiger partial charge in [-0.2, -0.15) is 0 Å². The van der Waals surface area contributed by atoms with Gasteiger partial charge in [-0.05, 0) is 29.8 Å². The Morgan fingerprint density at radius 1 is 0.909 bits per heavy atom. The van der Waals surface area contributed by atoms with Gasteiger partial charge in [-0.15, -0.1) is 13.2 Å². The Morgan fingerprint density at radius 3 is 2.12 bits per heavy atom. The molecule has 0 bridgehead atoms. The summed E-state index contributed by atoms with van der Waals surface area (Å²) in [5.41, 5.74) is -3.62. The molecule has 0 saturated heterocycles. The monoisotopic (exact) mass is 470 g/mol. The molecular weight excluding hydrogens is 461 g/mol. The third-order valence-corrected chi connectivity index (χ3v) is 4.60. The highest BCUT2D eigenvalue weighted by Crippen LogP contribution is 2.38. The fourth-order valence-electron chi connectivity index (χ4n) is 3.26. The quantitative estimate of drug-likeness (QED) is 0.281. The zero-order chi connectivity index (χ0) is 24.1. The molecule has 170 valence electrons. The Hall–Kier alpha value is -4.09. The summed E-state index contributed by atoms with van der Waals surface area (Å²) in [5, 5.41) is 9.21. The van der Waals surface area contributed by atoms with Gasteiger partial charge < -0.3 is 14.8 Å². The molecule has 0 unspecified atom stereocenters. The number of nitrogens with zero attached hydrogens (tertiary/aromatic N) is 1. The average molecular weight is 470 g/mol. The number of aromatic nitrogens is 2. The van der Waals surface area contributed by atoms with E-state index in [0.717, 1.165) is 18.2 Å². The van der Waals surface area contributed by atoms with Crippen molar-refractivity contribution in [2.24, 2.45) is 0 Å². The van der Waals surface area contributed by atoms with E-state index in [1.54, 1.807) is 0 Å². The van der Waals surface area contributed by atoms with Crippen molar-refractivity contribution in [1.29, 1.82) is 0 Å². The summed E-state index contributed by atoms with van der Waals surface area (Å²) in [6.45, 7) is 0. The largest absolute Gasteiger partial charge is 0.573 e. The van der Waals surface area contributed by atoms with E-state index in [9.17, 15) is 40.6 Å². The molecule has 3 aromatic carbocycles. The molecule has 0 radical (unpaired) electrons. The lowest BCUT2D eigenvalue weighted by molar-refractivity contribution is -0.274. The second kappa shape index (κ2) is 7.80. The maximum absolute atomic E-state index is 14.9. The molecule has 4 aromatic rings. The predicted octanol–water partition coefficient (Wildman–Crippen LogP) is 6.05. The first-order valence-corrected chi connectivity index (χ1v) is 8.92. The Labute approximate surface area is 179 Å². The summed E-state index contributed by atoms with van der Waals surface area (Å²) in [6.07, 6.45) is -5.10. The van der Waals surface area contributed by atoms with Gasteiger partial charge in [0, 0.05) is 0 Å². The lowest BCUT2D eigenvalue weighted by Gasteiger charge is -2.13. The van der Waals surface area contributed by atoms with Crippen molar-refractivity contribution in [3.05, 3.63) is 71.3 Å². The summed E-state index contributed by atoms with van der Waals surface area (Å²) in [7, 11) is 0. The average Bonchev–Trinajstić information content (AvgIpc) is 3.15. The third-order valence-electron chi connectivity index (χ3n) is 4.60. The van der Waals surface area contributed by atoms with Crippen LogP contribution in [0.5, 0.6) is 5.75 Å². The molecule has 0 atom stereocenters. The highest BCUT2D eigenvalue weighted by Gasteiger charge is 2.32. The highest BCUT2D eigenvalue weighted by molar-refractivity contribution is 6.01. The van der Waals surface area contributed by atoms with E-state index in [-0.39, 0.29) is 16.6 Å². The normalized spacial score (nSPS) is 11.7. The topological polar surface area (TPSA) is 75.2 Å². The molecule has 1 heterocycles. The number of fused-ring (bicyclic) bond motifs is 1. The number of benzene rings is 3. The van der Waals surface area contributed by atoms with E-state index < -0.39 is 63.9 Å². The minimum atomic E-state index is -5.10. The molecule has 0 aliphatic carbocycles. The van der Waals surface area contributed by atoms with Gasteiger partial charge in [0.05, 0.1) is 22.2 Å². The number of alkyl halides is 3. The molecule has 12 heteroatoms. The minimum Gasteiger partial charge on any atom is -0.478 e. The number of nitrogens with one attached hydrogen (secondary N) is 1. The van der Waals surface area contributed by atoms with Crippen molar-refractivity contribution < 1.29 is 45.4 Å². The molecular formula is C21H9F7N2O3. The molecule has 0 fully saturated rings. The number of hydrogen-bond donors (Lipinski definition) is 2. The van der Waals surface area contributed by atoms with Gasteiger partial charge in [-0.1, -0.05) is 18.2 Å². The predicted molar refractivity (Wildman–Crippen MR) is 100 cm³/mol. The van der Waals surface area contributed by atoms with Crippen molar-refractivity contribution >= 4 is 17.0 Å². The van der Waals surface area contributed by atoms with Gasteiger partial charge in [0.25, 0.3) is 0 Å². The van der Waals surface area contributed by atoms with E-state index in [4.69, 9.17) is 0 Å². The van der Waals surface area contributed by atoms with Crippen molar-refractivity contribution in [2.75, 3.05) is 0 Å². The Morgan fingerprint density at radius 2 is 1.52 bits per heavy atom. The number of halogens is 7. The van der Waals surface area contributed by atoms with Crippen LogP contribution < -0.4 is 4.74 Å². The van der Waals surface area contributed by atoms with Crippen molar-refractivity contribution in [3.63, 3.8) is 0 Å². The molecule has 5 nitrogen and oxygen atoms in total. The van der Waals surface area contributed by atoms with Crippen LogP contribution in [0.3, 0.4) is 0 Å². The number of aromatic amines is 1. The Bertz CT molecular complexity index is 1380. The third kappa shape index (κ3) is 3.95. The summed E-state index contributed by atoms with van der Waals surface area (Å²) in [6, 6.07) is 7.11. The molecule has 0 amide bonds. The van der Waals surface area contributed by atoms with Crippen molar-refractivity contribution in [2.45, 2.75) is 6.36 Å². The van der Waals surface area contributed by atoms with Crippen LogP contribution in [0.25, 0.3) is 33.5 Å². The zero-order valence-corrected chi connectivity index (χ0v) is 15.9. The molecule has 33 heavy (non-hydrogen) atoms. The van der Waals surface area contributed by atoms with Gasteiger partial charge in [0.15, 0.2) is 23.3 Å². The smallest absolute Gasteiger partial charge is 0.478 e. The summed E-state index contributed by atoms with van der Waals surface area (Å²) >= 11 is 0. The zero-order valence-electron chi connectivity index (χ0n) is 15.9. The van der Waals surface area contributed by atoms with Crippen LogP contribution in [0.4, 0.5) is 30.7 Å². The maximum atomic E-state index is 14.9. The van der Waals surface area contributed by atoms with Crippen molar-refractivity contribution in [3.8, 4) is 28.3 Å². The number of aromatic carboxylic acids is 1. The number of carboxylic acid groups (broad SMARTS) is 1. The molecule has 1 aromatic heterocycles. The van der Waals surface area contributed by atoms with Gasteiger partial charge in [0.2, 0.25) is 0 Å². The number of carbonyl (C=O) groups is 1. The van der Waals surface area contributed by atoms with Crippen LogP contribution in [0.15, 0.2) is 42.5 Å². The lowest BCUT2D eigenvalue weighted by Crippen LogP contribution is -2.17. The Kier molecular flexibility index (Phi) is 5.23. The highest BCUT2D eigenvalue weighted by atomic mass is 19.4. The number of imidazole rings is 1. The molecule has 2 N–H and O–H groups in total. The fraction of sp³-hybridized carbons (Fsp3) is 0.0476. The molecule has 0 spiro atoms. The summed E-state index contributed by atoms with van der Waals surface area (Å²) < 4.78 is 100. The van der Waals surface area contributed by atoms with Crippen LogP contribution in [0.1, 0.15) is 10.4 Å². The first-order valence-electron chi connectivity index (χ1n) is 8.92. The van der Waals surface area contributed by atoms with E-state index in [1.807, 2.05) is 0 Å². The van der Waals surface area contributed by atoms with E-state index in [0.29, 0.717) is 6.07 Å². The van der Waals surface area contributed by atoms with Crippen LogP contribution in [0.2, 0.25) is 0 Å². The molecule has 0 aliphatic heterocycles.